The molecule has 38 heavy (non-hydrogen) atoms. The van der Waals surface area contributed by atoms with E-state index in [0.717, 1.165) is 27.8 Å². The van der Waals surface area contributed by atoms with E-state index in [1.807, 2.05) is 71.1 Å². The fourth-order valence-electron chi connectivity index (χ4n) is 3.91. The molecule has 1 N–H and O–H groups in total. The molecule has 3 aromatic rings. The molecule has 0 bridgehead atoms. The van der Waals surface area contributed by atoms with Crippen molar-refractivity contribution >= 4 is 24.2 Å². The molecule has 0 atom stereocenters. The molecule has 6 nitrogen and oxygen atoms in total. The van der Waals surface area contributed by atoms with Gasteiger partial charge in [-0.1, -0.05) is 53.2 Å². The first-order valence-corrected chi connectivity index (χ1v) is 13.4. The van der Waals surface area contributed by atoms with Crippen molar-refractivity contribution in [3.05, 3.63) is 71.8 Å². The zero-order valence-corrected chi connectivity index (χ0v) is 24.6. The van der Waals surface area contributed by atoms with E-state index in [-0.39, 0.29) is 11.3 Å². The summed E-state index contributed by atoms with van der Waals surface area (Å²) in [7, 11) is -0.487. The van der Waals surface area contributed by atoms with Crippen LogP contribution in [-0.2, 0) is 14.7 Å². The molecule has 0 saturated carbocycles. The van der Waals surface area contributed by atoms with Crippen LogP contribution in [0.1, 0.15) is 90.3 Å². The number of nitrogens with zero attached hydrogens (tertiary/aromatic N) is 2. The summed E-state index contributed by atoms with van der Waals surface area (Å²) >= 11 is 0. The second kappa shape index (κ2) is 11.4. The number of carbonyl (C=O) groups excluding carboxylic acids is 1. The Morgan fingerprint density at radius 3 is 2.21 bits per heavy atom. The minimum absolute atomic E-state index is 0.136. The summed E-state index contributed by atoms with van der Waals surface area (Å²) < 4.78 is 12.4. The van der Waals surface area contributed by atoms with Crippen molar-refractivity contribution < 1.29 is 14.1 Å². The molecule has 1 saturated heterocycles. The predicted octanol–water partition coefficient (Wildman–Crippen LogP) is 6.72. The van der Waals surface area contributed by atoms with E-state index in [4.69, 9.17) is 9.31 Å². The van der Waals surface area contributed by atoms with Gasteiger partial charge in [0.25, 0.3) is 5.91 Å². The summed E-state index contributed by atoms with van der Waals surface area (Å²) in [4.78, 5) is 21.9. The van der Waals surface area contributed by atoms with Gasteiger partial charge in [-0.25, -0.2) is 0 Å². The van der Waals surface area contributed by atoms with Crippen LogP contribution in [0.25, 0.3) is 11.1 Å². The van der Waals surface area contributed by atoms with Crippen molar-refractivity contribution in [3.63, 3.8) is 0 Å². The lowest BCUT2D eigenvalue weighted by Gasteiger charge is -2.32. The van der Waals surface area contributed by atoms with Crippen LogP contribution >= 0.6 is 0 Å². The van der Waals surface area contributed by atoms with Gasteiger partial charge >= 0.3 is 7.12 Å². The number of carbonyl (C=O) groups is 1. The SMILES string of the molecule is CCC.Cc1ccc(NC(=O)c2ccnc(C(C)(C)C)c2)cc1-c1cncc(B2OC(C)(C)C(C)(C)O2)c1. The molecule has 202 valence electrons. The third-order valence-electron chi connectivity index (χ3n) is 6.88. The standard InChI is InChI=1S/C28H34BN3O3.C3H8/c1-18-9-10-22(32-25(33)19-11-12-31-24(14-19)26(2,3)4)15-23(18)20-13-21(17-30-16-20)29-34-27(5,6)28(7,8)35-29;1-3-2/h9-17H,1-8H3,(H,32,33);3H2,1-2H3. The Kier molecular flexibility index (Phi) is 8.84. The van der Waals surface area contributed by atoms with Gasteiger partial charge in [-0.3, -0.25) is 14.8 Å². The summed E-state index contributed by atoms with van der Waals surface area (Å²) in [6, 6.07) is 11.5. The normalized spacial score (nSPS) is 16.0. The molecule has 7 heteroatoms. The maximum absolute atomic E-state index is 13.0. The average molecular weight is 516 g/mol. The zero-order valence-electron chi connectivity index (χ0n) is 24.6. The van der Waals surface area contributed by atoms with Crippen molar-refractivity contribution in [1.29, 1.82) is 0 Å². The molecule has 1 aliphatic rings. The van der Waals surface area contributed by atoms with Crippen LogP contribution in [0.3, 0.4) is 0 Å². The number of rotatable bonds is 4. The summed E-state index contributed by atoms with van der Waals surface area (Å²) in [5, 5.41) is 3.03. The molecule has 1 aliphatic heterocycles. The molecular weight excluding hydrogens is 473 g/mol. The number of pyridine rings is 2. The van der Waals surface area contributed by atoms with Gasteiger partial charge in [0.2, 0.25) is 0 Å². The molecule has 3 heterocycles. The van der Waals surface area contributed by atoms with Crippen LogP contribution in [0.4, 0.5) is 5.69 Å². The number of anilines is 1. The molecule has 0 spiro atoms. The minimum Gasteiger partial charge on any atom is -0.399 e. The summed E-state index contributed by atoms with van der Waals surface area (Å²) in [6.45, 7) is 20.7. The predicted molar refractivity (Wildman–Crippen MR) is 157 cm³/mol. The molecule has 1 aromatic carbocycles. The van der Waals surface area contributed by atoms with Gasteiger partial charge in [0.1, 0.15) is 0 Å². The second-order valence-electron chi connectivity index (χ2n) is 12.0. The lowest BCUT2D eigenvalue weighted by molar-refractivity contribution is 0.00578. The van der Waals surface area contributed by atoms with E-state index >= 15 is 0 Å². The first-order chi connectivity index (χ1) is 17.7. The van der Waals surface area contributed by atoms with Crippen LogP contribution in [-0.4, -0.2) is 34.2 Å². The van der Waals surface area contributed by atoms with E-state index in [0.29, 0.717) is 11.3 Å². The van der Waals surface area contributed by atoms with E-state index in [1.165, 1.54) is 6.42 Å². The maximum Gasteiger partial charge on any atom is 0.496 e. The number of amides is 1. The van der Waals surface area contributed by atoms with E-state index < -0.39 is 18.3 Å². The van der Waals surface area contributed by atoms with Gasteiger partial charge in [-0.05, 0) is 75.6 Å². The van der Waals surface area contributed by atoms with E-state index in [1.54, 1.807) is 18.5 Å². The summed E-state index contributed by atoms with van der Waals surface area (Å²) in [5.41, 5.74) is 5.05. The number of hydrogen-bond acceptors (Lipinski definition) is 5. The van der Waals surface area contributed by atoms with Crippen LogP contribution < -0.4 is 10.8 Å². The second-order valence-corrected chi connectivity index (χ2v) is 12.0. The molecule has 1 amide bonds. The average Bonchev–Trinajstić information content (AvgIpc) is 3.07. The first-order valence-electron chi connectivity index (χ1n) is 13.4. The number of benzene rings is 1. The van der Waals surface area contributed by atoms with Gasteiger partial charge in [-0.2, -0.15) is 0 Å². The van der Waals surface area contributed by atoms with E-state index in [2.05, 4.69) is 49.9 Å². The monoisotopic (exact) mass is 515 g/mol. The maximum atomic E-state index is 13.0. The Balaban J connectivity index is 0.00000127. The number of nitrogens with one attached hydrogen (secondary N) is 1. The van der Waals surface area contributed by atoms with E-state index in [9.17, 15) is 4.79 Å². The first kappa shape index (κ1) is 29.5. The van der Waals surface area contributed by atoms with Crippen LogP contribution in [0.5, 0.6) is 0 Å². The highest BCUT2D eigenvalue weighted by Crippen LogP contribution is 2.36. The summed E-state index contributed by atoms with van der Waals surface area (Å²) in [5.74, 6) is -0.170. The lowest BCUT2D eigenvalue weighted by Crippen LogP contribution is -2.41. The Morgan fingerprint density at radius 2 is 1.61 bits per heavy atom. The highest BCUT2D eigenvalue weighted by molar-refractivity contribution is 6.62. The van der Waals surface area contributed by atoms with Crippen molar-refractivity contribution in [1.82, 2.24) is 9.97 Å². The lowest BCUT2D eigenvalue weighted by atomic mass is 9.79. The third kappa shape index (κ3) is 6.69. The van der Waals surface area contributed by atoms with Gasteiger partial charge in [0.15, 0.2) is 0 Å². The Morgan fingerprint density at radius 1 is 0.974 bits per heavy atom. The molecule has 2 aromatic heterocycles. The molecular formula is C31H42BN3O3. The molecule has 0 unspecified atom stereocenters. The van der Waals surface area contributed by atoms with Gasteiger partial charge in [0, 0.05) is 46.4 Å². The molecule has 1 fully saturated rings. The number of aromatic nitrogens is 2. The third-order valence-corrected chi connectivity index (χ3v) is 6.88. The Bertz CT molecular complexity index is 1270. The number of aryl methyl sites for hydroxylation is 1. The fourth-order valence-corrected chi connectivity index (χ4v) is 3.91. The van der Waals surface area contributed by atoms with Crippen molar-refractivity contribution in [3.8, 4) is 11.1 Å². The largest absolute Gasteiger partial charge is 0.496 e. The highest BCUT2D eigenvalue weighted by atomic mass is 16.7. The highest BCUT2D eigenvalue weighted by Gasteiger charge is 2.51. The Labute approximate surface area is 228 Å². The quantitative estimate of drug-likeness (QED) is 0.391. The molecule has 0 aliphatic carbocycles. The number of hydrogen-bond donors (Lipinski definition) is 1. The summed E-state index contributed by atoms with van der Waals surface area (Å²) in [6.07, 6.45) is 6.53. The smallest absolute Gasteiger partial charge is 0.399 e. The van der Waals surface area contributed by atoms with Crippen molar-refractivity contribution in [2.75, 3.05) is 5.32 Å². The van der Waals surface area contributed by atoms with Crippen LogP contribution in [0.15, 0.2) is 55.0 Å². The minimum atomic E-state index is -0.487. The molecule has 0 radical (unpaired) electrons. The topological polar surface area (TPSA) is 73.3 Å². The zero-order chi connectivity index (χ0) is 28.3. The van der Waals surface area contributed by atoms with Crippen LogP contribution in [0.2, 0.25) is 0 Å². The van der Waals surface area contributed by atoms with Gasteiger partial charge in [0.05, 0.1) is 11.2 Å². The van der Waals surface area contributed by atoms with Gasteiger partial charge < -0.3 is 14.6 Å². The van der Waals surface area contributed by atoms with Crippen LogP contribution in [0, 0.1) is 6.92 Å². The van der Waals surface area contributed by atoms with Crippen molar-refractivity contribution in [2.45, 2.75) is 92.3 Å². The van der Waals surface area contributed by atoms with Crippen molar-refractivity contribution in [2.24, 2.45) is 0 Å². The fraction of sp³-hybridized carbons (Fsp3) is 0.452. The molecule has 4 rings (SSSR count). The van der Waals surface area contributed by atoms with Gasteiger partial charge in [-0.15, -0.1) is 0 Å². The Hall–Kier alpha value is -3.03.